The van der Waals surface area contributed by atoms with Gasteiger partial charge in [-0.3, -0.25) is 4.79 Å². The molecule has 18 heavy (non-hydrogen) atoms. The summed E-state index contributed by atoms with van der Waals surface area (Å²) in [4.78, 5) is 11.9. The fourth-order valence-corrected chi connectivity index (χ4v) is 1.60. The van der Waals surface area contributed by atoms with Gasteiger partial charge in [-0.15, -0.1) is 0 Å². The lowest BCUT2D eigenvalue weighted by Gasteiger charge is -2.07. The van der Waals surface area contributed by atoms with Crippen LogP contribution in [-0.2, 0) is 0 Å². The highest BCUT2D eigenvalue weighted by atomic mass is 19.1. The maximum Gasteiger partial charge on any atom is 0.256 e. The van der Waals surface area contributed by atoms with Gasteiger partial charge >= 0.3 is 0 Å². The Bertz CT molecular complexity index is 596. The molecule has 0 radical (unpaired) electrons. The first-order valence-corrected chi connectivity index (χ1v) is 5.39. The number of hydrogen-bond acceptors (Lipinski definition) is 1. The van der Waals surface area contributed by atoms with Crippen molar-refractivity contribution in [3.63, 3.8) is 0 Å². The highest BCUT2D eigenvalue weighted by Crippen LogP contribution is 2.14. The zero-order chi connectivity index (χ0) is 13.1. The Balaban J connectivity index is 2.24. The molecule has 92 valence electrons. The second-order valence-electron chi connectivity index (χ2n) is 3.92. The van der Waals surface area contributed by atoms with Crippen molar-refractivity contribution in [2.24, 2.45) is 0 Å². The van der Waals surface area contributed by atoms with Gasteiger partial charge in [0.1, 0.15) is 11.6 Å². The quantitative estimate of drug-likeness (QED) is 0.864. The molecule has 2 rings (SSSR count). The maximum absolute atomic E-state index is 13.1. The van der Waals surface area contributed by atoms with Crippen molar-refractivity contribution >= 4 is 11.6 Å². The van der Waals surface area contributed by atoms with Crippen molar-refractivity contribution in [3.05, 3.63) is 65.2 Å². The van der Waals surface area contributed by atoms with Crippen LogP contribution in [0.1, 0.15) is 15.9 Å². The number of nitrogens with one attached hydrogen (secondary N) is 1. The number of halogens is 2. The number of rotatable bonds is 2. The largest absolute Gasteiger partial charge is 0.322 e. The molecule has 0 heterocycles. The molecule has 1 N–H and O–H groups in total. The van der Waals surface area contributed by atoms with Gasteiger partial charge in [0, 0.05) is 11.3 Å². The number of carbonyl (C=O) groups is 1. The monoisotopic (exact) mass is 247 g/mol. The van der Waals surface area contributed by atoms with Crippen molar-refractivity contribution in [2.45, 2.75) is 6.92 Å². The Kier molecular flexibility index (Phi) is 3.37. The molecular weight excluding hydrogens is 236 g/mol. The lowest BCUT2D eigenvalue weighted by atomic mass is 10.1. The number of aryl methyl sites for hydroxylation is 1. The summed E-state index contributed by atoms with van der Waals surface area (Å²) in [7, 11) is 0. The van der Waals surface area contributed by atoms with Crippen LogP contribution < -0.4 is 5.32 Å². The number of anilines is 1. The van der Waals surface area contributed by atoms with Gasteiger partial charge in [0.2, 0.25) is 0 Å². The van der Waals surface area contributed by atoms with Crippen LogP contribution in [0.15, 0.2) is 42.5 Å². The van der Waals surface area contributed by atoms with Gasteiger partial charge in [-0.1, -0.05) is 12.1 Å². The number of amides is 1. The van der Waals surface area contributed by atoms with Crippen LogP contribution in [0, 0.1) is 18.6 Å². The fraction of sp³-hybridized carbons (Fsp3) is 0.0714. The van der Waals surface area contributed by atoms with E-state index in [4.69, 9.17) is 0 Å². The fourth-order valence-electron chi connectivity index (χ4n) is 1.60. The van der Waals surface area contributed by atoms with Crippen LogP contribution in [-0.4, -0.2) is 5.91 Å². The molecule has 2 aromatic rings. The predicted octanol–water partition coefficient (Wildman–Crippen LogP) is 3.53. The van der Waals surface area contributed by atoms with Gasteiger partial charge in [-0.05, 0) is 42.8 Å². The summed E-state index contributed by atoms with van der Waals surface area (Å²) in [5, 5.41) is 2.52. The number of carbonyl (C=O) groups excluding carboxylic acids is 1. The number of benzene rings is 2. The van der Waals surface area contributed by atoms with Gasteiger partial charge in [0.15, 0.2) is 0 Å². The van der Waals surface area contributed by atoms with E-state index in [1.165, 1.54) is 30.3 Å². The van der Waals surface area contributed by atoms with Crippen molar-refractivity contribution in [2.75, 3.05) is 5.32 Å². The van der Waals surface area contributed by atoms with E-state index in [9.17, 15) is 13.6 Å². The standard InChI is InChI=1S/C14H11F2NO/c1-9-5-6-11(16)8-13(9)14(18)17-12-4-2-3-10(15)7-12/h2-8H,1H3,(H,17,18). The van der Waals surface area contributed by atoms with E-state index in [2.05, 4.69) is 5.32 Å². The van der Waals surface area contributed by atoms with Crippen molar-refractivity contribution in [1.29, 1.82) is 0 Å². The molecule has 0 fully saturated rings. The molecule has 4 heteroatoms. The molecule has 0 unspecified atom stereocenters. The lowest BCUT2D eigenvalue weighted by molar-refractivity contribution is 0.102. The Morgan fingerprint density at radius 3 is 2.50 bits per heavy atom. The zero-order valence-corrected chi connectivity index (χ0v) is 9.71. The van der Waals surface area contributed by atoms with E-state index in [1.54, 1.807) is 13.0 Å². The molecule has 0 saturated heterocycles. The smallest absolute Gasteiger partial charge is 0.256 e. The van der Waals surface area contributed by atoms with E-state index in [-0.39, 0.29) is 5.56 Å². The van der Waals surface area contributed by atoms with Crippen LogP contribution in [0.4, 0.5) is 14.5 Å². The summed E-state index contributed by atoms with van der Waals surface area (Å²) < 4.78 is 26.0. The Morgan fingerprint density at radius 2 is 1.78 bits per heavy atom. The summed E-state index contributed by atoms with van der Waals surface area (Å²) in [5.74, 6) is -1.38. The maximum atomic E-state index is 13.1. The highest BCUT2D eigenvalue weighted by molar-refractivity contribution is 6.05. The third-order valence-electron chi connectivity index (χ3n) is 2.53. The summed E-state index contributed by atoms with van der Waals surface area (Å²) >= 11 is 0. The van der Waals surface area contributed by atoms with E-state index in [1.807, 2.05) is 0 Å². The van der Waals surface area contributed by atoms with E-state index >= 15 is 0 Å². The van der Waals surface area contributed by atoms with Crippen LogP contribution in [0.3, 0.4) is 0 Å². The average molecular weight is 247 g/mol. The summed E-state index contributed by atoms with van der Waals surface area (Å²) in [6.45, 7) is 1.71. The average Bonchev–Trinajstić information content (AvgIpc) is 2.32. The molecule has 0 aliphatic carbocycles. The normalized spacial score (nSPS) is 10.2. The van der Waals surface area contributed by atoms with Gasteiger partial charge in [0.25, 0.3) is 5.91 Å². The molecule has 0 bridgehead atoms. The van der Waals surface area contributed by atoms with Crippen molar-refractivity contribution < 1.29 is 13.6 Å². The first-order chi connectivity index (χ1) is 8.56. The van der Waals surface area contributed by atoms with Gasteiger partial charge in [0.05, 0.1) is 0 Å². The van der Waals surface area contributed by atoms with Crippen LogP contribution >= 0.6 is 0 Å². The molecule has 2 nitrogen and oxygen atoms in total. The second kappa shape index (κ2) is 4.96. The van der Waals surface area contributed by atoms with E-state index in [0.29, 0.717) is 11.3 Å². The molecule has 2 aromatic carbocycles. The minimum Gasteiger partial charge on any atom is -0.322 e. The lowest BCUT2D eigenvalue weighted by Crippen LogP contribution is -2.13. The number of hydrogen-bond donors (Lipinski definition) is 1. The third kappa shape index (κ3) is 2.71. The van der Waals surface area contributed by atoms with E-state index < -0.39 is 17.5 Å². The van der Waals surface area contributed by atoms with Gasteiger partial charge in [-0.25, -0.2) is 8.78 Å². The molecular formula is C14H11F2NO. The molecule has 0 aromatic heterocycles. The molecule has 0 spiro atoms. The SMILES string of the molecule is Cc1ccc(F)cc1C(=O)Nc1cccc(F)c1. The minimum absolute atomic E-state index is 0.235. The molecule has 0 aliphatic rings. The Morgan fingerprint density at radius 1 is 1.06 bits per heavy atom. The Labute approximate surface area is 103 Å². The topological polar surface area (TPSA) is 29.1 Å². The Hall–Kier alpha value is -2.23. The third-order valence-corrected chi connectivity index (χ3v) is 2.53. The molecule has 0 aliphatic heterocycles. The van der Waals surface area contributed by atoms with Gasteiger partial charge < -0.3 is 5.32 Å². The second-order valence-corrected chi connectivity index (χ2v) is 3.92. The first-order valence-electron chi connectivity index (χ1n) is 5.39. The predicted molar refractivity (Wildman–Crippen MR) is 65.5 cm³/mol. The summed E-state index contributed by atoms with van der Waals surface area (Å²) in [6.07, 6.45) is 0. The van der Waals surface area contributed by atoms with Crippen LogP contribution in [0.5, 0.6) is 0 Å². The summed E-state index contributed by atoms with van der Waals surface area (Å²) in [5.41, 5.74) is 1.23. The van der Waals surface area contributed by atoms with E-state index in [0.717, 1.165) is 6.07 Å². The molecule has 0 saturated carbocycles. The molecule has 0 atom stereocenters. The van der Waals surface area contributed by atoms with Gasteiger partial charge in [-0.2, -0.15) is 0 Å². The molecule has 1 amide bonds. The van der Waals surface area contributed by atoms with Crippen molar-refractivity contribution in [1.82, 2.24) is 0 Å². The van der Waals surface area contributed by atoms with Crippen LogP contribution in [0.25, 0.3) is 0 Å². The van der Waals surface area contributed by atoms with Crippen LogP contribution in [0.2, 0.25) is 0 Å². The highest BCUT2D eigenvalue weighted by Gasteiger charge is 2.10. The zero-order valence-electron chi connectivity index (χ0n) is 9.71. The minimum atomic E-state index is -0.481. The van der Waals surface area contributed by atoms with Crippen molar-refractivity contribution in [3.8, 4) is 0 Å². The first kappa shape index (κ1) is 12.2. The summed E-state index contributed by atoms with van der Waals surface area (Å²) in [6, 6.07) is 9.50.